The molecule has 0 radical (unpaired) electrons. The number of pyridine rings is 1. The summed E-state index contributed by atoms with van der Waals surface area (Å²) in [5.74, 6) is 1.69. The Morgan fingerprint density at radius 2 is 2.26 bits per heavy atom. The summed E-state index contributed by atoms with van der Waals surface area (Å²) in [7, 11) is 0. The van der Waals surface area contributed by atoms with Crippen LogP contribution in [0.15, 0.2) is 28.9 Å². The van der Waals surface area contributed by atoms with Crippen molar-refractivity contribution in [3.63, 3.8) is 0 Å². The Hall–Kier alpha value is -2.90. The fourth-order valence-corrected chi connectivity index (χ4v) is 3.61. The molecule has 4 rings (SSSR count). The number of H-pyrrole nitrogens is 1. The summed E-state index contributed by atoms with van der Waals surface area (Å²) in [6, 6.07) is 5.73. The van der Waals surface area contributed by atoms with E-state index in [1.165, 1.54) is 0 Å². The van der Waals surface area contributed by atoms with Crippen LogP contribution in [0.2, 0.25) is 0 Å². The lowest BCUT2D eigenvalue weighted by Gasteiger charge is -2.31. The molecule has 1 fully saturated rings. The van der Waals surface area contributed by atoms with Gasteiger partial charge in [0.15, 0.2) is 5.65 Å². The van der Waals surface area contributed by atoms with Crippen molar-refractivity contribution >= 4 is 16.9 Å². The highest BCUT2D eigenvalue weighted by atomic mass is 16.5. The number of fused-ring (bicyclic) bond motifs is 1. The number of carbonyl (C=O) groups is 1. The maximum atomic E-state index is 12.5. The van der Waals surface area contributed by atoms with Crippen LogP contribution >= 0.6 is 0 Å². The van der Waals surface area contributed by atoms with Gasteiger partial charge in [0.2, 0.25) is 5.91 Å². The van der Waals surface area contributed by atoms with Crippen molar-refractivity contribution in [1.82, 2.24) is 25.2 Å². The summed E-state index contributed by atoms with van der Waals surface area (Å²) < 4.78 is 10.5. The molecule has 27 heavy (non-hydrogen) atoms. The van der Waals surface area contributed by atoms with Crippen LogP contribution in [0, 0.1) is 0 Å². The molecule has 8 heteroatoms. The SMILES string of the molecule is CCOc1cc(CCC(=O)N2CCC(c3[nH]nc4ncccc34)CC2)on1. The minimum atomic E-state index is 0.152. The second kappa shape index (κ2) is 7.77. The van der Waals surface area contributed by atoms with E-state index in [0.29, 0.717) is 37.0 Å². The van der Waals surface area contributed by atoms with E-state index in [1.807, 2.05) is 24.0 Å². The predicted octanol–water partition coefficient (Wildman–Crippen LogP) is 2.68. The third kappa shape index (κ3) is 3.79. The minimum Gasteiger partial charge on any atom is -0.476 e. The number of likely N-dealkylation sites (tertiary alicyclic amines) is 1. The van der Waals surface area contributed by atoms with Gasteiger partial charge in [0.1, 0.15) is 5.76 Å². The number of hydrogen-bond acceptors (Lipinski definition) is 6. The van der Waals surface area contributed by atoms with Crippen molar-refractivity contribution < 1.29 is 14.1 Å². The van der Waals surface area contributed by atoms with Crippen molar-refractivity contribution in [1.29, 1.82) is 0 Å². The van der Waals surface area contributed by atoms with Gasteiger partial charge in [-0.25, -0.2) is 4.98 Å². The molecule has 0 aromatic carbocycles. The third-order valence-electron chi connectivity index (χ3n) is 5.03. The maximum Gasteiger partial charge on any atom is 0.254 e. The zero-order valence-electron chi connectivity index (χ0n) is 15.4. The Kier molecular flexibility index (Phi) is 5.04. The first-order chi connectivity index (χ1) is 13.2. The molecule has 0 unspecified atom stereocenters. The zero-order chi connectivity index (χ0) is 18.6. The number of piperidine rings is 1. The molecule has 3 aromatic heterocycles. The van der Waals surface area contributed by atoms with Crippen LogP contribution in [0.4, 0.5) is 0 Å². The van der Waals surface area contributed by atoms with E-state index in [0.717, 1.165) is 42.7 Å². The van der Waals surface area contributed by atoms with Crippen molar-refractivity contribution in [3.05, 3.63) is 35.9 Å². The number of nitrogens with zero attached hydrogens (tertiary/aromatic N) is 4. The summed E-state index contributed by atoms with van der Waals surface area (Å²) in [4.78, 5) is 18.7. The molecular weight excluding hydrogens is 346 g/mol. The summed E-state index contributed by atoms with van der Waals surface area (Å²) in [6.07, 6.45) is 4.56. The van der Waals surface area contributed by atoms with E-state index in [-0.39, 0.29) is 5.91 Å². The standard InChI is InChI=1S/C19H23N5O3/c1-2-26-16-12-14(27-23-16)5-6-17(25)24-10-7-13(8-11-24)18-15-4-3-9-20-19(15)22-21-18/h3-4,9,12-13H,2,5-8,10-11H2,1H3,(H,20,21,22). The first-order valence-electron chi connectivity index (χ1n) is 9.39. The fraction of sp³-hybridized carbons (Fsp3) is 0.474. The second-order valence-corrected chi connectivity index (χ2v) is 6.73. The largest absolute Gasteiger partial charge is 0.476 e. The van der Waals surface area contributed by atoms with Gasteiger partial charge in [0.25, 0.3) is 5.88 Å². The third-order valence-corrected chi connectivity index (χ3v) is 5.03. The van der Waals surface area contributed by atoms with Crippen LogP contribution in [-0.4, -0.2) is 50.8 Å². The highest BCUT2D eigenvalue weighted by Crippen LogP contribution is 2.31. The molecule has 1 aliphatic rings. The highest BCUT2D eigenvalue weighted by molar-refractivity contribution is 5.78. The fourth-order valence-electron chi connectivity index (χ4n) is 3.61. The molecule has 1 amide bonds. The van der Waals surface area contributed by atoms with E-state index in [2.05, 4.69) is 20.3 Å². The number of carbonyl (C=O) groups excluding carboxylic acids is 1. The van der Waals surface area contributed by atoms with E-state index in [4.69, 9.17) is 9.26 Å². The number of aryl methyl sites for hydroxylation is 1. The lowest BCUT2D eigenvalue weighted by atomic mass is 9.92. The van der Waals surface area contributed by atoms with Crippen LogP contribution in [0.3, 0.4) is 0 Å². The normalized spacial score (nSPS) is 15.4. The topological polar surface area (TPSA) is 97.1 Å². The molecule has 0 bridgehead atoms. The van der Waals surface area contributed by atoms with Gasteiger partial charge < -0.3 is 14.2 Å². The summed E-state index contributed by atoms with van der Waals surface area (Å²) >= 11 is 0. The van der Waals surface area contributed by atoms with Crippen LogP contribution < -0.4 is 4.74 Å². The van der Waals surface area contributed by atoms with Crippen LogP contribution in [-0.2, 0) is 11.2 Å². The average molecular weight is 369 g/mol. The molecule has 0 atom stereocenters. The number of amides is 1. The molecule has 142 valence electrons. The molecule has 3 aromatic rings. The molecule has 0 spiro atoms. The predicted molar refractivity (Wildman–Crippen MR) is 98.4 cm³/mol. The van der Waals surface area contributed by atoms with Crippen molar-refractivity contribution in [2.75, 3.05) is 19.7 Å². The molecular formula is C19H23N5O3. The lowest BCUT2D eigenvalue weighted by Crippen LogP contribution is -2.38. The Labute approximate surface area is 156 Å². The summed E-state index contributed by atoms with van der Waals surface area (Å²) in [5, 5.41) is 12.3. The number of rotatable bonds is 6. The van der Waals surface area contributed by atoms with Crippen molar-refractivity contribution in [2.45, 2.75) is 38.5 Å². The molecule has 8 nitrogen and oxygen atoms in total. The van der Waals surface area contributed by atoms with Gasteiger partial charge >= 0.3 is 0 Å². The molecule has 1 aliphatic heterocycles. The summed E-state index contributed by atoms with van der Waals surface area (Å²) in [5.41, 5.74) is 1.89. The molecule has 4 heterocycles. The molecule has 1 N–H and O–H groups in total. The Balaban J connectivity index is 1.30. The van der Waals surface area contributed by atoms with Crippen LogP contribution in [0.25, 0.3) is 11.0 Å². The molecule has 1 saturated heterocycles. The van der Waals surface area contributed by atoms with Gasteiger partial charge in [0.05, 0.1) is 6.61 Å². The number of nitrogens with one attached hydrogen (secondary N) is 1. The number of ether oxygens (including phenoxy) is 1. The van der Waals surface area contributed by atoms with E-state index < -0.39 is 0 Å². The molecule has 0 aliphatic carbocycles. The number of aromatic amines is 1. The Morgan fingerprint density at radius 1 is 1.41 bits per heavy atom. The first kappa shape index (κ1) is 17.5. The maximum absolute atomic E-state index is 12.5. The second-order valence-electron chi connectivity index (χ2n) is 6.73. The average Bonchev–Trinajstić information content (AvgIpc) is 3.33. The van der Waals surface area contributed by atoms with Crippen LogP contribution in [0.1, 0.15) is 43.6 Å². The lowest BCUT2D eigenvalue weighted by molar-refractivity contribution is -0.132. The summed E-state index contributed by atoms with van der Waals surface area (Å²) in [6.45, 7) is 3.95. The molecule has 0 saturated carbocycles. The van der Waals surface area contributed by atoms with Gasteiger partial charge in [-0.15, -0.1) is 0 Å². The monoisotopic (exact) mass is 369 g/mol. The zero-order valence-corrected chi connectivity index (χ0v) is 15.4. The van der Waals surface area contributed by atoms with Crippen LogP contribution in [0.5, 0.6) is 5.88 Å². The minimum absolute atomic E-state index is 0.152. The van der Waals surface area contributed by atoms with Crippen molar-refractivity contribution in [2.24, 2.45) is 0 Å². The van der Waals surface area contributed by atoms with Gasteiger partial charge in [0, 0.05) is 55.2 Å². The van der Waals surface area contributed by atoms with Crippen molar-refractivity contribution in [3.8, 4) is 5.88 Å². The van der Waals surface area contributed by atoms with E-state index in [9.17, 15) is 4.79 Å². The number of hydrogen-bond donors (Lipinski definition) is 1. The van der Waals surface area contributed by atoms with E-state index in [1.54, 1.807) is 12.3 Å². The van der Waals surface area contributed by atoms with E-state index >= 15 is 0 Å². The smallest absolute Gasteiger partial charge is 0.254 e. The first-order valence-corrected chi connectivity index (χ1v) is 9.39. The van der Waals surface area contributed by atoms with Gasteiger partial charge in [-0.05, 0) is 37.1 Å². The Morgan fingerprint density at radius 3 is 3.07 bits per heavy atom. The van der Waals surface area contributed by atoms with Gasteiger partial charge in [-0.1, -0.05) is 0 Å². The number of aromatic nitrogens is 4. The van der Waals surface area contributed by atoms with Gasteiger partial charge in [-0.2, -0.15) is 5.10 Å². The Bertz CT molecular complexity index is 911. The van der Waals surface area contributed by atoms with Gasteiger partial charge in [-0.3, -0.25) is 9.89 Å². The highest BCUT2D eigenvalue weighted by Gasteiger charge is 2.26. The quantitative estimate of drug-likeness (QED) is 0.717.